The fourth-order valence-corrected chi connectivity index (χ4v) is 2.27. The Kier molecular flexibility index (Phi) is 10.0. The van der Waals surface area contributed by atoms with Gasteiger partial charge in [0.2, 0.25) is 5.91 Å². The van der Waals surface area contributed by atoms with Crippen molar-refractivity contribution in [1.29, 1.82) is 0 Å². The van der Waals surface area contributed by atoms with Gasteiger partial charge in [-0.05, 0) is 6.92 Å². The maximum Gasteiger partial charge on any atom is 0.315 e. The summed E-state index contributed by atoms with van der Waals surface area (Å²) in [6.45, 7) is 3.74. The third-order valence-corrected chi connectivity index (χ3v) is 3.52. The molecule has 19 heavy (non-hydrogen) atoms. The Morgan fingerprint density at radius 1 is 1.53 bits per heavy atom. The summed E-state index contributed by atoms with van der Waals surface area (Å²) in [5.41, 5.74) is 0. The van der Waals surface area contributed by atoms with Gasteiger partial charge >= 0.3 is 5.97 Å². The minimum absolute atomic E-state index is 0. The molecule has 1 heterocycles. The number of thioether (sulfide) groups is 1. The van der Waals surface area contributed by atoms with Crippen molar-refractivity contribution in [3.63, 3.8) is 0 Å². The van der Waals surface area contributed by atoms with Crippen LogP contribution in [0, 0.1) is 0 Å². The van der Waals surface area contributed by atoms with Gasteiger partial charge in [-0.1, -0.05) is 0 Å². The molecule has 1 fully saturated rings. The van der Waals surface area contributed by atoms with Crippen molar-refractivity contribution in [2.24, 2.45) is 0 Å². The molecule has 0 aliphatic carbocycles. The fourth-order valence-electron chi connectivity index (χ4n) is 1.60. The quantitative estimate of drug-likeness (QED) is 0.523. The summed E-state index contributed by atoms with van der Waals surface area (Å²) in [4.78, 5) is 22.6. The average Bonchev–Trinajstić information content (AvgIpc) is 2.38. The molecule has 8 heteroatoms. The Bertz CT molecular complexity index is 294. The highest BCUT2D eigenvalue weighted by Crippen LogP contribution is 2.04. The van der Waals surface area contributed by atoms with E-state index in [1.54, 1.807) is 0 Å². The van der Waals surface area contributed by atoms with Gasteiger partial charge in [0.1, 0.15) is 6.04 Å². The monoisotopic (exact) mass is 312 g/mol. The zero-order valence-electron chi connectivity index (χ0n) is 11.1. The largest absolute Gasteiger partial charge is 0.468 e. The number of carbonyl (C=O) groups excluding carboxylic acids is 2. The molecule has 0 aromatic carbocycles. The molecular formula is C11H21ClN2O4S. The van der Waals surface area contributed by atoms with Gasteiger partial charge in [0.05, 0.1) is 25.6 Å². The van der Waals surface area contributed by atoms with Gasteiger partial charge in [0.25, 0.3) is 0 Å². The Morgan fingerprint density at radius 2 is 2.26 bits per heavy atom. The van der Waals surface area contributed by atoms with Crippen LogP contribution in [0.2, 0.25) is 0 Å². The second kappa shape index (κ2) is 10.3. The van der Waals surface area contributed by atoms with Gasteiger partial charge < -0.3 is 20.1 Å². The molecule has 0 aromatic rings. The highest BCUT2D eigenvalue weighted by molar-refractivity contribution is 7.99. The first-order valence-electron chi connectivity index (χ1n) is 5.92. The van der Waals surface area contributed by atoms with Crippen molar-refractivity contribution in [1.82, 2.24) is 10.6 Å². The lowest BCUT2D eigenvalue weighted by Crippen LogP contribution is -2.55. The van der Waals surface area contributed by atoms with Gasteiger partial charge in [-0.25, -0.2) is 0 Å². The van der Waals surface area contributed by atoms with Crippen molar-refractivity contribution in [3.8, 4) is 0 Å². The van der Waals surface area contributed by atoms with Crippen LogP contribution in [-0.4, -0.2) is 62.3 Å². The average molecular weight is 313 g/mol. The van der Waals surface area contributed by atoms with Gasteiger partial charge in [0, 0.05) is 18.8 Å². The molecular weight excluding hydrogens is 292 g/mol. The molecule has 0 aromatic heterocycles. The van der Waals surface area contributed by atoms with Gasteiger partial charge in [-0.3, -0.25) is 9.59 Å². The predicted octanol–water partition coefficient (Wildman–Crippen LogP) is -0.192. The zero-order valence-corrected chi connectivity index (χ0v) is 12.8. The molecule has 0 saturated carbocycles. The molecule has 0 bridgehead atoms. The van der Waals surface area contributed by atoms with Crippen LogP contribution in [0.3, 0.4) is 0 Å². The molecule has 0 spiro atoms. The van der Waals surface area contributed by atoms with E-state index in [-0.39, 0.29) is 36.4 Å². The number of ether oxygens (including phenoxy) is 2. The lowest BCUT2D eigenvalue weighted by molar-refractivity contribution is -0.137. The number of carbonyl (C=O) groups is 2. The van der Waals surface area contributed by atoms with Crippen molar-refractivity contribution >= 4 is 36.0 Å². The molecule has 1 saturated heterocycles. The number of halogens is 1. The van der Waals surface area contributed by atoms with E-state index in [9.17, 15) is 9.59 Å². The number of hydrogen-bond acceptors (Lipinski definition) is 6. The molecule has 1 rings (SSSR count). The Hall–Kier alpha value is -0.500. The second-order valence-corrected chi connectivity index (χ2v) is 5.03. The third kappa shape index (κ3) is 7.00. The van der Waals surface area contributed by atoms with Crippen LogP contribution >= 0.6 is 24.2 Å². The summed E-state index contributed by atoms with van der Waals surface area (Å²) in [5, 5.41) is 5.94. The van der Waals surface area contributed by atoms with E-state index in [2.05, 4.69) is 15.4 Å². The van der Waals surface area contributed by atoms with Crippen molar-refractivity contribution in [2.45, 2.75) is 19.1 Å². The summed E-state index contributed by atoms with van der Waals surface area (Å²) in [6.07, 6.45) is -0.110. The Morgan fingerprint density at radius 3 is 2.89 bits per heavy atom. The molecule has 2 N–H and O–H groups in total. The number of methoxy groups -OCH3 is 1. The summed E-state index contributed by atoms with van der Waals surface area (Å²) in [7, 11) is 1.36. The Balaban J connectivity index is 0.00000324. The minimum Gasteiger partial charge on any atom is -0.468 e. The maximum atomic E-state index is 11.8. The van der Waals surface area contributed by atoms with Gasteiger partial charge in [0.15, 0.2) is 0 Å². The normalized spacial score (nSPS) is 22.2. The van der Waals surface area contributed by atoms with E-state index >= 15 is 0 Å². The zero-order chi connectivity index (χ0) is 13.4. The van der Waals surface area contributed by atoms with E-state index in [1.165, 1.54) is 18.9 Å². The van der Waals surface area contributed by atoms with Crippen LogP contribution < -0.4 is 10.6 Å². The van der Waals surface area contributed by atoms with Crippen LogP contribution in [0.25, 0.3) is 0 Å². The van der Waals surface area contributed by atoms with Crippen molar-refractivity contribution in [2.75, 3.05) is 38.3 Å². The standard InChI is InChI=1S/C11H20N2O4S.ClH/c1-8-10(12-3-5-17-8)11(15)13-4-6-18-7-9(14)16-2;/h8,10,12H,3-7H2,1-2H3,(H,13,15);1H/t8-,10+;/m1./s1. The van der Waals surface area contributed by atoms with Crippen LogP contribution in [0.1, 0.15) is 6.92 Å². The highest BCUT2D eigenvalue weighted by atomic mass is 35.5. The first-order chi connectivity index (χ1) is 8.65. The highest BCUT2D eigenvalue weighted by Gasteiger charge is 2.27. The van der Waals surface area contributed by atoms with E-state index in [4.69, 9.17) is 4.74 Å². The fraction of sp³-hybridized carbons (Fsp3) is 0.818. The number of morpholine rings is 1. The molecule has 112 valence electrons. The molecule has 2 atom stereocenters. The maximum absolute atomic E-state index is 11.8. The summed E-state index contributed by atoms with van der Waals surface area (Å²) >= 11 is 1.43. The second-order valence-electron chi connectivity index (χ2n) is 3.93. The number of esters is 1. The SMILES string of the molecule is COC(=O)CSCCNC(=O)[C@H]1NCCO[C@@H]1C.Cl. The van der Waals surface area contributed by atoms with E-state index < -0.39 is 0 Å². The lowest BCUT2D eigenvalue weighted by atomic mass is 10.1. The molecule has 1 aliphatic heterocycles. The van der Waals surface area contributed by atoms with Crippen LogP contribution in [0.4, 0.5) is 0 Å². The lowest BCUT2D eigenvalue weighted by Gasteiger charge is -2.29. The number of hydrogen-bond donors (Lipinski definition) is 2. The molecule has 0 radical (unpaired) electrons. The molecule has 6 nitrogen and oxygen atoms in total. The number of nitrogens with one attached hydrogen (secondary N) is 2. The van der Waals surface area contributed by atoms with Gasteiger partial charge in [-0.2, -0.15) is 0 Å². The minimum atomic E-state index is -0.288. The predicted molar refractivity (Wildman–Crippen MR) is 76.8 cm³/mol. The van der Waals surface area contributed by atoms with E-state index in [0.717, 1.165) is 0 Å². The number of rotatable bonds is 6. The summed E-state index contributed by atoms with van der Waals surface area (Å²) < 4.78 is 9.91. The van der Waals surface area contributed by atoms with Gasteiger partial charge in [-0.15, -0.1) is 24.2 Å². The smallest absolute Gasteiger partial charge is 0.315 e. The van der Waals surface area contributed by atoms with Crippen LogP contribution in [0.15, 0.2) is 0 Å². The van der Waals surface area contributed by atoms with E-state index in [0.29, 0.717) is 31.2 Å². The summed E-state index contributed by atoms with van der Waals surface area (Å²) in [6, 6.07) is -0.288. The molecule has 0 unspecified atom stereocenters. The first-order valence-corrected chi connectivity index (χ1v) is 7.08. The van der Waals surface area contributed by atoms with Crippen LogP contribution in [0.5, 0.6) is 0 Å². The summed E-state index contributed by atoms with van der Waals surface area (Å²) in [5.74, 6) is 0.694. The molecule has 1 aliphatic rings. The third-order valence-electron chi connectivity index (χ3n) is 2.59. The van der Waals surface area contributed by atoms with E-state index in [1.807, 2.05) is 6.92 Å². The topological polar surface area (TPSA) is 76.7 Å². The van der Waals surface area contributed by atoms with Crippen molar-refractivity contribution in [3.05, 3.63) is 0 Å². The molecule has 1 amide bonds. The van der Waals surface area contributed by atoms with Crippen LogP contribution in [-0.2, 0) is 19.1 Å². The Labute approximate surface area is 123 Å². The van der Waals surface area contributed by atoms with Crippen molar-refractivity contribution < 1.29 is 19.1 Å². The number of amides is 1. The first kappa shape index (κ1) is 18.5.